The smallest absolute Gasteiger partial charge is 0.335 e. The standard InChI is InChI=1S/C14H11BrN2O4/c1-8-2-5-13(17(20)21)12(6-8)16-11-4-3-9(14(18)19)7-10(11)15/h2-7,16H,1H3,(H,18,19). The lowest BCUT2D eigenvalue weighted by Crippen LogP contribution is -2.00. The van der Waals surface area contributed by atoms with E-state index in [1.807, 2.05) is 6.92 Å². The number of rotatable bonds is 4. The van der Waals surface area contributed by atoms with Gasteiger partial charge in [0.25, 0.3) is 5.69 Å². The van der Waals surface area contributed by atoms with Crippen LogP contribution in [0.4, 0.5) is 17.1 Å². The van der Waals surface area contributed by atoms with Gasteiger partial charge in [-0.05, 0) is 52.7 Å². The van der Waals surface area contributed by atoms with Gasteiger partial charge in [-0.1, -0.05) is 6.07 Å². The van der Waals surface area contributed by atoms with Gasteiger partial charge in [-0.3, -0.25) is 10.1 Å². The van der Waals surface area contributed by atoms with E-state index in [9.17, 15) is 14.9 Å². The molecule has 2 aromatic carbocycles. The van der Waals surface area contributed by atoms with Gasteiger partial charge in [0.1, 0.15) is 5.69 Å². The summed E-state index contributed by atoms with van der Waals surface area (Å²) in [5.41, 5.74) is 1.86. The highest BCUT2D eigenvalue weighted by Crippen LogP contribution is 2.32. The van der Waals surface area contributed by atoms with E-state index in [0.717, 1.165) is 5.56 Å². The number of aryl methyl sites for hydroxylation is 1. The Balaban J connectivity index is 2.40. The molecule has 108 valence electrons. The fourth-order valence-electron chi connectivity index (χ4n) is 1.80. The molecule has 7 heteroatoms. The zero-order chi connectivity index (χ0) is 15.6. The van der Waals surface area contributed by atoms with Crippen molar-refractivity contribution in [3.05, 3.63) is 62.1 Å². The average molecular weight is 351 g/mol. The number of halogens is 1. The number of aromatic carboxylic acids is 1. The maximum Gasteiger partial charge on any atom is 0.335 e. The molecule has 0 saturated carbocycles. The lowest BCUT2D eigenvalue weighted by Gasteiger charge is -2.10. The van der Waals surface area contributed by atoms with Crippen molar-refractivity contribution in [1.29, 1.82) is 0 Å². The third-order valence-corrected chi connectivity index (χ3v) is 3.49. The van der Waals surface area contributed by atoms with Crippen molar-refractivity contribution in [2.24, 2.45) is 0 Å². The summed E-state index contributed by atoms with van der Waals surface area (Å²) in [5, 5.41) is 22.9. The normalized spacial score (nSPS) is 10.2. The van der Waals surface area contributed by atoms with Crippen LogP contribution in [0.2, 0.25) is 0 Å². The number of hydrogen-bond acceptors (Lipinski definition) is 4. The molecule has 0 atom stereocenters. The lowest BCUT2D eigenvalue weighted by molar-refractivity contribution is -0.383. The van der Waals surface area contributed by atoms with Gasteiger partial charge >= 0.3 is 5.97 Å². The summed E-state index contributed by atoms with van der Waals surface area (Å²) in [5.74, 6) is -1.04. The van der Waals surface area contributed by atoms with E-state index in [2.05, 4.69) is 21.2 Å². The van der Waals surface area contributed by atoms with Crippen molar-refractivity contribution in [2.45, 2.75) is 6.92 Å². The van der Waals surface area contributed by atoms with Crippen LogP contribution in [0.25, 0.3) is 0 Å². The number of carboxylic acids is 1. The molecule has 21 heavy (non-hydrogen) atoms. The Hall–Kier alpha value is -2.41. The van der Waals surface area contributed by atoms with Crippen LogP contribution >= 0.6 is 15.9 Å². The second-order valence-electron chi connectivity index (χ2n) is 4.40. The summed E-state index contributed by atoms with van der Waals surface area (Å²) in [4.78, 5) is 21.4. The Morgan fingerprint density at radius 1 is 1.24 bits per heavy atom. The fourth-order valence-corrected chi connectivity index (χ4v) is 2.28. The summed E-state index contributed by atoms with van der Waals surface area (Å²) >= 11 is 3.26. The highest BCUT2D eigenvalue weighted by atomic mass is 79.9. The molecular formula is C14H11BrN2O4. The molecule has 2 rings (SSSR count). The molecule has 6 nitrogen and oxygen atoms in total. The molecule has 0 amide bonds. The maximum absolute atomic E-state index is 11.0. The Morgan fingerprint density at radius 2 is 1.95 bits per heavy atom. The third kappa shape index (κ3) is 3.38. The first-order chi connectivity index (χ1) is 9.88. The number of hydrogen-bond donors (Lipinski definition) is 2. The summed E-state index contributed by atoms with van der Waals surface area (Å²) < 4.78 is 0.512. The molecular weight excluding hydrogens is 340 g/mol. The van der Waals surface area contributed by atoms with E-state index in [4.69, 9.17) is 5.11 Å². The van der Waals surface area contributed by atoms with Gasteiger partial charge in [-0.15, -0.1) is 0 Å². The van der Waals surface area contributed by atoms with Gasteiger partial charge in [-0.2, -0.15) is 0 Å². The quantitative estimate of drug-likeness (QED) is 0.639. The van der Waals surface area contributed by atoms with Crippen LogP contribution in [-0.2, 0) is 0 Å². The molecule has 2 N–H and O–H groups in total. The molecule has 0 saturated heterocycles. The van der Waals surface area contributed by atoms with E-state index < -0.39 is 10.9 Å². The minimum absolute atomic E-state index is 0.0465. The Morgan fingerprint density at radius 3 is 2.52 bits per heavy atom. The molecule has 0 fully saturated rings. The fraction of sp³-hybridized carbons (Fsp3) is 0.0714. The van der Waals surface area contributed by atoms with Crippen molar-refractivity contribution in [2.75, 3.05) is 5.32 Å². The molecule has 0 spiro atoms. The first-order valence-electron chi connectivity index (χ1n) is 5.93. The topological polar surface area (TPSA) is 92.5 Å². The SMILES string of the molecule is Cc1ccc([N+](=O)[O-])c(Nc2ccc(C(=O)O)cc2Br)c1. The highest BCUT2D eigenvalue weighted by Gasteiger charge is 2.15. The van der Waals surface area contributed by atoms with Gasteiger partial charge in [-0.25, -0.2) is 4.79 Å². The number of nitro groups is 1. The summed E-state index contributed by atoms with van der Waals surface area (Å²) in [6.07, 6.45) is 0. The van der Waals surface area contributed by atoms with Crippen molar-refractivity contribution in [3.63, 3.8) is 0 Å². The van der Waals surface area contributed by atoms with Crippen molar-refractivity contribution < 1.29 is 14.8 Å². The third-order valence-electron chi connectivity index (χ3n) is 2.83. The number of anilines is 2. The predicted molar refractivity (Wildman–Crippen MR) is 82.2 cm³/mol. The van der Waals surface area contributed by atoms with Crippen LogP contribution in [0, 0.1) is 17.0 Å². The summed E-state index contributed by atoms with van der Waals surface area (Å²) in [7, 11) is 0. The van der Waals surface area contributed by atoms with E-state index in [0.29, 0.717) is 15.8 Å². The van der Waals surface area contributed by atoms with E-state index in [1.165, 1.54) is 18.2 Å². The van der Waals surface area contributed by atoms with Crippen LogP contribution in [0.1, 0.15) is 15.9 Å². The van der Waals surface area contributed by atoms with Crippen molar-refractivity contribution >= 4 is 39.0 Å². The summed E-state index contributed by atoms with van der Waals surface area (Å²) in [6, 6.07) is 9.17. The van der Waals surface area contributed by atoms with E-state index in [1.54, 1.807) is 18.2 Å². The van der Waals surface area contributed by atoms with Gasteiger partial charge in [0.15, 0.2) is 0 Å². The molecule has 0 aliphatic carbocycles. The Kier molecular flexibility index (Phi) is 4.23. The predicted octanol–water partition coefficient (Wildman–Crippen LogP) is 4.11. The molecule has 2 aromatic rings. The average Bonchev–Trinajstić information content (AvgIpc) is 2.40. The molecule has 0 aliphatic rings. The minimum Gasteiger partial charge on any atom is -0.478 e. The molecule has 0 unspecified atom stereocenters. The monoisotopic (exact) mass is 350 g/mol. The van der Waals surface area contributed by atoms with E-state index >= 15 is 0 Å². The summed E-state index contributed by atoms with van der Waals surface area (Å²) in [6.45, 7) is 1.83. The van der Waals surface area contributed by atoms with Crippen molar-refractivity contribution in [1.82, 2.24) is 0 Å². The molecule has 0 heterocycles. The first-order valence-corrected chi connectivity index (χ1v) is 6.72. The molecule has 0 bridgehead atoms. The molecule has 0 radical (unpaired) electrons. The van der Waals surface area contributed by atoms with Gasteiger partial charge in [0, 0.05) is 10.5 Å². The van der Waals surface area contributed by atoms with Gasteiger partial charge in [0.05, 0.1) is 16.2 Å². The van der Waals surface area contributed by atoms with Crippen LogP contribution < -0.4 is 5.32 Å². The Bertz CT molecular complexity index is 731. The number of carboxylic acid groups (broad SMARTS) is 1. The zero-order valence-corrected chi connectivity index (χ0v) is 12.5. The second kappa shape index (κ2) is 5.92. The van der Waals surface area contributed by atoms with Crippen LogP contribution in [-0.4, -0.2) is 16.0 Å². The number of benzene rings is 2. The first kappa shape index (κ1) is 15.0. The number of carbonyl (C=O) groups is 1. The minimum atomic E-state index is -1.04. The maximum atomic E-state index is 11.0. The molecule has 0 aliphatic heterocycles. The highest BCUT2D eigenvalue weighted by molar-refractivity contribution is 9.10. The number of nitrogens with one attached hydrogen (secondary N) is 1. The largest absolute Gasteiger partial charge is 0.478 e. The number of nitro benzene ring substituents is 1. The zero-order valence-electron chi connectivity index (χ0n) is 11.0. The number of nitrogens with zero attached hydrogens (tertiary/aromatic N) is 1. The molecule has 0 aromatic heterocycles. The van der Waals surface area contributed by atoms with Gasteiger partial charge in [0.2, 0.25) is 0 Å². The van der Waals surface area contributed by atoms with Gasteiger partial charge < -0.3 is 10.4 Å². The Labute approximate surface area is 128 Å². The van der Waals surface area contributed by atoms with E-state index in [-0.39, 0.29) is 11.3 Å². The van der Waals surface area contributed by atoms with Crippen LogP contribution in [0.15, 0.2) is 40.9 Å². The van der Waals surface area contributed by atoms with Crippen LogP contribution in [0.5, 0.6) is 0 Å². The van der Waals surface area contributed by atoms with Crippen LogP contribution in [0.3, 0.4) is 0 Å². The lowest BCUT2D eigenvalue weighted by atomic mass is 10.1. The van der Waals surface area contributed by atoms with Crippen molar-refractivity contribution in [3.8, 4) is 0 Å². The second-order valence-corrected chi connectivity index (χ2v) is 5.26.